The van der Waals surface area contributed by atoms with E-state index in [-0.39, 0.29) is 23.7 Å². The first kappa shape index (κ1) is 16.7. The van der Waals surface area contributed by atoms with Gasteiger partial charge in [-0.25, -0.2) is 0 Å². The lowest BCUT2D eigenvalue weighted by molar-refractivity contribution is -0.131. The summed E-state index contributed by atoms with van der Waals surface area (Å²) in [6.45, 7) is 5.55. The molecule has 1 saturated heterocycles. The highest BCUT2D eigenvalue weighted by atomic mass is 35.5. The predicted octanol–water partition coefficient (Wildman–Crippen LogP) is 1.73. The van der Waals surface area contributed by atoms with Gasteiger partial charge in [0.2, 0.25) is 5.91 Å². The first-order valence-electron chi connectivity index (χ1n) is 7.08. The van der Waals surface area contributed by atoms with Crippen molar-refractivity contribution in [3.05, 3.63) is 0 Å². The second-order valence-corrected chi connectivity index (χ2v) is 6.27. The summed E-state index contributed by atoms with van der Waals surface area (Å²) in [5.74, 6) is 0.221. The molecule has 112 valence electrons. The Morgan fingerprint density at radius 2 is 2.11 bits per heavy atom. The zero-order valence-corrected chi connectivity index (χ0v) is 12.9. The SMILES string of the molecule is COCCC1(CNC(=O)C2(C)CCCNC2)CC1.Cl. The molecule has 2 aliphatic rings. The Bertz CT molecular complexity index is 300. The predicted molar refractivity (Wildman–Crippen MR) is 78.6 cm³/mol. The van der Waals surface area contributed by atoms with Gasteiger partial charge in [0.15, 0.2) is 0 Å². The van der Waals surface area contributed by atoms with Crippen LogP contribution in [0.5, 0.6) is 0 Å². The normalized spacial score (nSPS) is 28.3. The van der Waals surface area contributed by atoms with Crippen molar-refractivity contribution in [2.45, 2.75) is 39.0 Å². The van der Waals surface area contributed by atoms with Crippen LogP contribution >= 0.6 is 12.4 Å². The van der Waals surface area contributed by atoms with Gasteiger partial charge in [0.1, 0.15) is 0 Å². The molecule has 2 fully saturated rings. The topological polar surface area (TPSA) is 50.4 Å². The maximum atomic E-state index is 12.3. The molecule has 1 amide bonds. The monoisotopic (exact) mass is 290 g/mol. The van der Waals surface area contributed by atoms with Crippen LogP contribution in [0.25, 0.3) is 0 Å². The molecule has 5 heteroatoms. The number of piperidine rings is 1. The van der Waals surface area contributed by atoms with Gasteiger partial charge in [-0.05, 0) is 51.0 Å². The van der Waals surface area contributed by atoms with Crippen molar-refractivity contribution in [1.82, 2.24) is 10.6 Å². The van der Waals surface area contributed by atoms with Crippen LogP contribution in [-0.2, 0) is 9.53 Å². The molecule has 1 aliphatic heterocycles. The minimum atomic E-state index is -0.213. The molecule has 1 heterocycles. The largest absolute Gasteiger partial charge is 0.385 e. The van der Waals surface area contributed by atoms with Crippen molar-refractivity contribution in [3.8, 4) is 0 Å². The molecule has 1 unspecified atom stereocenters. The van der Waals surface area contributed by atoms with E-state index < -0.39 is 0 Å². The van der Waals surface area contributed by atoms with E-state index in [1.807, 2.05) is 0 Å². The Labute approximate surface area is 122 Å². The smallest absolute Gasteiger partial charge is 0.227 e. The molecule has 19 heavy (non-hydrogen) atoms. The first-order chi connectivity index (χ1) is 8.60. The van der Waals surface area contributed by atoms with Gasteiger partial charge >= 0.3 is 0 Å². The number of hydrogen-bond acceptors (Lipinski definition) is 3. The number of rotatable bonds is 6. The lowest BCUT2D eigenvalue weighted by atomic mass is 9.81. The van der Waals surface area contributed by atoms with Gasteiger partial charge in [-0.1, -0.05) is 0 Å². The van der Waals surface area contributed by atoms with Gasteiger partial charge in [0.25, 0.3) is 0 Å². The van der Waals surface area contributed by atoms with Crippen molar-refractivity contribution in [3.63, 3.8) is 0 Å². The standard InChI is InChI=1S/C14H26N2O2.ClH/c1-13(4-3-8-15-10-13)12(17)16-11-14(5-6-14)7-9-18-2;/h15H,3-11H2,1-2H3,(H,16,17);1H. The van der Waals surface area contributed by atoms with Crippen LogP contribution in [0, 0.1) is 10.8 Å². The number of hydrogen-bond donors (Lipinski definition) is 2. The molecule has 0 aromatic carbocycles. The van der Waals surface area contributed by atoms with E-state index in [0.29, 0.717) is 5.41 Å². The van der Waals surface area contributed by atoms with Crippen molar-refractivity contribution in [1.29, 1.82) is 0 Å². The Hall–Kier alpha value is -0.320. The van der Waals surface area contributed by atoms with E-state index in [1.54, 1.807) is 7.11 Å². The molecular weight excluding hydrogens is 264 g/mol. The third-order valence-corrected chi connectivity index (χ3v) is 4.56. The summed E-state index contributed by atoms with van der Waals surface area (Å²) in [7, 11) is 1.74. The molecule has 4 nitrogen and oxygen atoms in total. The van der Waals surface area contributed by atoms with Gasteiger partial charge in [0.05, 0.1) is 5.41 Å². The second kappa shape index (κ2) is 6.91. The number of halogens is 1. The average Bonchev–Trinajstić information content (AvgIpc) is 3.15. The zero-order chi connectivity index (χ0) is 13.1. The van der Waals surface area contributed by atoms with Crippen LogP contribution in [0.2, 0.25) is 0 Å². The summed E-state index contributed by atoms with van der Waals surface area (Å²) in [4.78, 5) is 12.3. The third-order valence-electron chi connectivity index (χ3n) is 4.56. The number of nitrogens with one attached hydrogen (secondary N) is 2. The van der Waals surface area contributed by atoms with Gasteiger partial charge in [-0.15, -0.1) is 12.4 Å². The molecule has 0 bridgehead atoms. The maximum absolute atomic E-state index is 12.3. The van der Waals surface area contributed by atoms with E-state index in [0.717, 1.165) is 45.5 Å². The number of carbonyl (C=O) groups is 1. The maximum Gasteiger partial charge on any atom is 0.227 e. The summed E-state index contributed by atoms with van der Waals surface area (Å²) in [5.41, 5.74) is 0.125. The minimum absolute atomic E-state index is 0. The Morgan fingerprint density at radius 3 is 2.63 bits per heavy atom. The van der Waals surface area contributed by atoms with Gasteiger partial charge in [-0.3, -0.25) is 4.79 Å². The number of ether oxygens (including phenoxy) is 1. The number of amides is 1. The average molecular weight is 291 g/mol. The second-order valence-electron chi connectivity index (χ2n) is 6.27. The fourth-order valence-corrected chi connectivity index (χ4v) is 2.74. The molecular formula is C14H27ClN2O2. The Balaban J connectivity index is 0.00000180. The molecule has 0 aromatic heterocycles. The number of methoxy groups -OCH3 is 1. The van der Waals surface area contributed by atoms with Crippen LogP contribution < -0.4 is 10.6 Å². The summed E-state index contributed by atoms with van der Waals surface area (Å²) in [6, 6.07) is 0. The highest BCUT2D eigenvalue weighted by Gasteiger charge is 2.43. The lowest BCUT2D eigenvalue weighted by Gasteiger charge is -2.33. The minimum Gasteiger partial charge on any atom is -0.385 e. The van der Waals surface area contributed by atoms with Gasteiger partial charge < -0.3 is 15.4 Å². The number of carbonyl (C=O) groups excluding carboxylic acids is 1. The fraction of sp³-hybridized carbons (Fsp3) is 0.929. The fourth-order valence-electron chi connectivity index (χ4n) is 2.74. The van der Waals surface area contributed by atoms with E-state index in [9.17, 15) is 4.79 Å². The van der Waals surface area contributed by atoms with Crippen LogP contribution in [0.15, 0.2) is 0 Å². The van der Waals surface area contributed by atoms with Gasteiger partial charge in [0, 0.05) is 26.8 Å². The Morgan fingerprint density at radius 1 is 1.37 bits per heavy atom. The molecule has 0 spiro atoms. The lowest BCUT2D eigenvalue weighted by Crippen LogP contribution is -2.49. The van der Waals surface area contributed by atoms with E-state index in [4.69, 9.17) is 4.74 Å². The molecule has 1 atom stereocenters. The molecule has 2 rings (SSSR count). The quantitative estimate of drug-likeness (QED) is 0.783. The van der Waals surface area contributed by atoms with Crippen molar-refractivity contribution < 1.29 is 9.53 Å². The molecule has 1 saturated carbocycles. The van der Waals surface area contributed by atoms with Crippen molar-refractivity contribution in [2.75, 3.05) is 33.4 Å². The van der Waals surface area contributed by atoms with Crippen molar-refractivity contribution in [2.24, 2.45) is 10.8 Å². The first-order valence-corrected chi connectivity index (χ1v) is 7.08. The van der Waals surface area contributed by atoms with Crippen LogP contribution in [-0.4, -0.2) is 39.3 Å². The van der Waals surface area contributed by atoms with Gasteiger partial charge in [-0.2, -0.15) is 0 Å². The van der Waals surface area contributed by atoms with Crippen LogP contribution in [0.4, 0.5) is 0 Å². The zero-order valence-electron chi connectivity index (χ0n) is 12.1. The molecule has 1 aliphatic carbocycles. The molecule has 0 aromatic rings. The highest BCUT2D eigenvalue weighted by Crippen LogP contribution is 2.48. The van der Waals surface area contributed by atoms with Crippen molar-refractivity contribution >= 4 is 18.3 Å². The van der Waals surface area contributed by atoms with Crippen LogP contribution in [0.3, 0.4) is 0 Å². The van der Waals surface area contributed by atoms with E-state index in [1.165, 1.54) is 12.8 Å². The molecule has 2 N–H and O–H groups in total. The Kier molecular flexibility index (Phi) is 6.09. The van der Waals surface area contributed by atoms with Crippen LogP contribution in [0.1, 0.15) is 39.0 Å². The summed E-state index contributed by atoms with van der Waals surface area (Å²) in [6.07, 6.45) is 5.62. The molecule has 0 radical (unpaired) electrons. The van der Waals surface area contributed by atoms with E-state index >= 15 is 0 Å². The van der Waals surface area contributed by atoms with E-state index in [2.05, 4.69) is 17.6 Å². The third kappa shape index (κ3) is 4.33. The highest BCUT2D eigenvalue weighted by molar-refractivity contribution is 5.85. The summed E-state index contributed by atoms with van der Waals surface area (Å²) < 4.78 is 5.14. The summed E-state index contributed by atoms with van der Waals surface area (Å²) in [5, 5.41) is 6.49. The summed E-state index contributed by atoms with van der Waals surface area (Å²) >= 11 is 0.